The average molecular weight is 514 g/mol. The topological polar surface area (TPSA) is 90.3 Å². The first kappa shape index (κ1) is 24.1. The van der Waals surface area contributed by atoms with Gasteiger partial charge in [-0.2, -0.15) is 18.4 Å². The van der Waals surface area contributed by atoms with E-state index in [9.17, 15) is 31.6 Å². The Kier molecular flexibility index (Phi) is 5.71. The van der Waals surface area contributed by atoms with E-state index < -0.39 is 49.2 Å². The van der Waals surface area contributed by atoms with Gasteiger partial charge in [-0.1, -0.05) is 48.5 Å². The van der Waals surface area contributed by atoms with Crippen LogP contribution in [0.2, 0.25) is 0 Å². The molecule has 2 atom stereocenters. The van der Waals surface area contributed by atoms with Gasteiger partial charge in [0, 0.05) is 17.6 Å². The molecule has 1 heterocycles. The van der Waals surface area contributed by atoms with Gasteiger partial charge < -0.3 is 10.2 Å². The normalized spacial score (nSPS) is 21.2. The highest BCUT2D eigenvalue weighted by molar-refractivity contribution is 7.92. The van der Waals surface area contributed by atoms with Crippen LogP contribution in [0.1, 0.15) is 24.8 Å². The summed E-state index contributed by atoms with van der Waals surface area (Å²) in [7, 11) is -4.45. The van der Waals surface area contributed by atoms with Crippen molar-refractivity contribution in [1.29, 1.82) is 5.26 Å². The van der Waals surface area contributed by atoms with E-state index in [1.807, 2.05) is 30.3 Å². The van der Waals surface area contributed by atoms with E-state index in [0.717, 1.165) is 29.0 Å². The van der Waals surface area contributed by atoms with Gasteiger partial charge in [-0.15, -0.1) is 0 Å². The SMILES string of the molecule is N#CC1(NC(=O)C2CC(S(=O)(=O)c3ccccc3C(F)(F)F)CN2c2cccc3ccccc23)CC1. The number of sulfone groups is 1. The van der Waals surface area contributed by atoms with E-state index in [1.54, 1.807) is 17.0 Å². The number of nitrogens with one attached hydrogen (secondary N) is 1. The number of hydrogen-bond donors (Lipinski definition) is 1. The minimum atomic E-state index is -4.85. The number of alkyl halides is 3. The fourth-order valence-electron chi connectivity index (χ4n) is 4.83. The third-order valence-corrected chi connectivity index (χ3v) is 9.09. The largest absolute Gasteiger partial charge is 0.417 e. The molecule has 0 spiro atoms. The summed E-state index contributed by atoms with van der Waals surface area (Å²) < 4.78 is 68.1. The maximum Gasteiger partial charge on any atom is 0.417 e. The zero-order valence-electron chi connectivity index (χ0n) is 19.0. The number of fused-ring (bicyclic) bond motifs is 1. The molecule has 1 N–H and O–H groups in total. The molecular weight excluding hydrogens is 491 g/mol. The number of carbonyl (C=O) groups excluding carboxylic acids is 1. The number of anilines is 1. The number of nitriles is 1. The Morgan fingerprint density at radius 2 is 1.69 bits per heavy atom. The van der Waals surface area contributed by atoms with Gasteiger partial charge in [0.2, 0.25) is 5.91 Å². The second kappa shape index (κ2) is 8.52. The summed E-state index contributed by atoms with van der Waals surface area (Å²) in [6.07, 6.45) is -4.06. The maximum atomic E-state index is 13.6. The molecule has 0 radical (unpaired) electrons. The van der Waals surface area contributed by atoms with Gasteiger partial charge >= 0.3 is 6.18 Å². The van der Waals surface area contributed by atoms with Crippen LogP contribution < -0.4 is 10.2 Å². The Hall–Kier alpha value is -3.58. The monoisotopic (exact) mass is 513 g/mol. The predicted octanol–water partition coefficient (Wildman–Crippen LogP) is 4.45. The lowest BCUT2D eigenvalue weighted by molar-refractivity contribution is -0.139. The molecule has 6 nitrogen and oxygen atoms in total. The van der Waals surface area contributed by atoms with Gasteiger partial charge in [0.1, 0.15) is 11.6 Å². The highest BCUT2D eigenvalue weighted by atomic mass is 32.2. The van der Waals surface area contributed by atoms with Crippen molar-refractivity contribution < 1.29 is 26.4 Å². The number of benzene rings is 3. The molecule has 1 aliphatic heterocycles. The minimum Gasteiger partial charge on any atom is -0.358 e. The molecular formula is C26H22F3N3O3S. The van der Waals surface area contributed by atoms with Crippen LogP contribution in [0.15, 0.2) is 71.6 Å². The Bertz CT molecular complexity index is 1490. The number of halogens is 3. The molecule has 1 saturated carbocycles. The molecule has 0 bridgehead atoms. The van der Waals surface area contributed by atoms with Gasteiger partial charge in [0.05, 0.1) is 21.8 Å². The van der Waals surface area contributed by atoms with Crippen LogP contribution in [0.3, 0.4) is 0 Å². The van der Waals surface area contributed by atoms with Crippen LogP contribution in [0, 0.1) is 11.3 Å². The quantitative estimate of drug-likeness (QED) is 0.545. The number of carbonyl (C=O) groups is 1. The van der Waals surface area contributed by atoms with Crippen molar-refractivity contribution in [3.05, 3.63) is 72.3 Å². The van der Waals surface area contributed by atoms with Crippen molar-refractivity contribution in [2.75, 3.05) is 11.4 Å². The van der Waals surface area contributed by atoms with E-state index in [-0.39, 0.29) is 13.0 Å². The molecule has 36 heavy (non-hydrogen) atoms. The number of nitrogens with zero attached hydrogens (tertiary/aromatic N) is 2. The van der Waals surface area contributed by atoms with Crippen molar-refractivity contribution in [1.82, 2.24) is 5.32 Å². The zero-order chi connectivity index (χ0) is 25.7. The molecule has 5 rings (SSSR count). The Balaban J connectivity index is 1.57. The first-order chi connectivity index (χ1) is 17.1. The van der Waals surface area contributed by atoms with Crippen LogP contribution in [-0.4, -0.2) is 37.7 Å². The second-order valence-corrected chi connectivity index (χ2v) is 11.4. The standard InChI is InChI=1S/C26H22F3N3O3S/c27-26(28,29)20-9-3-4-11-23(20)36(34,35)18-14-22(24(33)31-25(16-30)12-13-25)32(15-18)21-10-5-7-17-6-1-2-8-19(17)21/h1-11,18,22H,12-15H2,(H,31,33). The third-order valence-electron chi connectivity index (χ3n) is 6.91. The first-order valence-electron chi connectivity index (χ1n) is 11.4. The highest BCUT2D eigenvalue weighted by Crippen LogP contribution is 2.41. The summed E-state index contributed by atoms with van der Waals surface area (Å²) in [5.74, 6) is -0.510. The highest BCUT2D eigenvalue weighted by Gasteiger charge is 2.50. The molecule has 3 aromatic carbocycles. The molecule has 2 fully saturated rings. The van der Waals surface area contributed by atoms with Gasteiger partial charge in [-0.05, 0) is 42.8 Å². The van der Waals surface area contributed by atoms with Crippen LogP contribution in [0.25, 0.3) is 10.8 Å². The molecule has 3 aromatic rings. The van der Waals surface area contributed by atoms with Crippen molar-refractivity contribution in [3.8, 4) is 6.07 Å². The van der Waals surface area contributed by atoms with Crippen molar-refractivity contribution in [2.24, 2.45) is 0 Å². The summed E-state index contributed by atoms with van der Waals surface area (Å²) in [6, 6.07) is 18.1. The summed E-state index contributed by atoms with van der Waals surface area (Å²) in [5.41, 5.74) is -1.59. The zero-order valence-corrected chi connectivity index (χ0v) is 19.8. The molecule has 2 unspecified atom stereocenters. The van der Waals surface area contributed by atoms with E-state index in [4.69, 9.17) is 0 Å². The van der Waals surface area contributed by atoms with E-state index in [2.05, 4.69) is 11.4 Å². The lowest BCUT2D eigenvalue weighted by atomic mass is 10.1. The average Bonchev–Trinajstić information content (AvgIpc) is 3.48. The Morgan fingerprint density at radius 3 is 2.39 bits per heavy atom. The van der Waals surface area contributed by atoms with Gasteiger partial charge in [-0.3, -0.25) is 4.79 Å². The van der Waals surface area contributed by atoms with Gasteiger partial charge in [0.15, 0.2) is 9.84 Å². The fraction of sp³-hybridized carbons (Fsp3) is 0.308. The maximum absolute atomic E-state index is 13.6. The summed E-state index contributed by atoms with van der Waals surface area (Å²) in [5, 5.41) is 12.6. The van der Waals surface area contributed by atoms with Crippen LogP contribution in [0.5, 0.6) is 0 Å². The van der Waals surface area contributed by atoms with Gasteiger partial charge in [-0.25, -0.2) is 8.42 Å². The van der Waals surface area contributed by atoms with Crippen LogP contribution in [-0.2, 0) is 20.8 Å². The number of amides is 1. The molecule has 1 saturated heterocycles. The summed E-state index contributed by atoms with van der Waals surface area (Å²) >= 11 is 0. The predicted molar refractivity (Wildman–Crippen MR) is 128 cm³/mol. The van der Waals surface area contributed by atoms with E-state index in [1.165, 1.54) is 6.07 Å². The molecule has 1 aliphatic carbocycles. The molecule has 10 heteroatoms. The number of rotatable bonds is 5. The lowest BCUT2D eigenvalue weighted by Crippen LogP contribution is -2.47. The van der Waals surface area contributed by atoms with E-state index in [0.29, 0.717) is 18.5 Å². The number of hydrogen-bond acceptors (Lipinski definition) is 5. The van der Waals surface area contributed by atoms with E-state index >= 15 is 0 Å². The Morgan fingerprint density at radius 1 is 1.03 bits per heavy atom. The smallest absolute Gasteiger partial charge is 0.358 e. The lowest BCUT2D eigenvalue weighted by Gasteiger charge is -2.28. The molecule has 2 aliphatic rings. The molecule has 1 amide bonds. The summed E-state index contributed by atoms with van der Waals surface area (Å²) in [4.78, 5) is 14.2. The van der Waals surface area contributed by atoms with Crippen molar-refractivity contribution >= 4 is 32.2 Å². The fourth-order valence-corrected chi connectivity index (χ4v) is 6.74. The molecule has 186 valence electrons. The van der Waals surface area contributed by atoms with Crippen molar-refractivity contribution in [2.45, 2.75) is 47.2 Å². The van der Waals surface area contributed by atoms with Crippen LogP contribution in [0.4, 0.5) is 18.9 Å². The molecule has 0 aromatic heterocycles. The minimum absolute atomic E-state index is 0.166. The second-order valence-electron chi connectivity index (χ2n) is 9.25. The summed E-state index contributed by atoms with van der Waals surface area (Å²) in [6.45, 7) is -0.166. The third kappa shape index (κ3) is 4.17. The van der Waals surface area contributed by atoms with Gasteiger partial charge in [0.25, 0.3) is 0 Å². The first-order valence-corrected chi connectivity index (χ1v) is 13.0. The Labute approximate surface area is 206 Å². The van der Waals surface area contributed by atoms with Crippen LogP contribution >= 0.6 is 0 Å². The van der Waals surface area contributed by atoms with Crippen molar-refractivity contribution in [3.63, 3.8) is 0 Å².